The van der Waals surface area contributed by atoms with Crippen LogP contribution in [0.3, 0.4) is 0 Å². The molecule has 1 aromatic heterocycles. The number of rotatable bonds is 3. The molecule has 0 atom stereocenters. The van der Waals surface area contributed by atoms with Crippen molar-refractivity contribution in [2.45, 2.75) is 32.1 Å². The highest BCUT2D eigenvalue weighted by Gasteiger charge is 2.22. The third-order valence-electron chi connectivity index (χ3n) is 4.08. The number of benzene rings is 1. The molecule has 18 heavy (non-hydrogen) atoms. The topological polar surface area (TPSA) is 16.4 Å². The first-order chi connectivity index (χ1) is 8.88. The Morgan fingerprint density at radius 3 is 2.78 bits per heavy atom. The molecule has 0 aliphatic carbocycles. The van der Waals surface area contributed by atoms with Crippen molar-refractivity contribution < 1.29 is 4.42 Å². The Morgan fingerprint density at radius 2 is 2.00 bits per heavy atom. The van der Waals surface area contributed by atoms with E-state index in [-0.39, 0.29) is 0 Å². The molecular formula is C16H21NO. The molecule has 2 heterocycles. The summed E-state index contributed by atoms with van der Waals surface area (Å²) in [7, 11) is 0. The number of hydrogen-bond donors (Lipinski definition) is 0. The van der Waals surface area contributed by atoms with E-state index in [4.69, 9.17) is 4.42 Å². The second-order valence-electron chi connectivity index (χ2n) is 5.30. The molecule has 3 rings (SSSR count). The molecule has 0 N–H and O–H groups in total. The van der Waals surface area contributed by atoms with Crippen molar-refractivity contribution in [2.24, 2.45) is 0 Å². The van der Waals surface area contributed by atoms with Gasteiger partial charge in [-0.05, 0) is 50.9 Å². The fourth-order valence-corrected chi connectivity index (χ4v) is 3.10. The van der Waals surface area contributed by atoms with Crippen molar-refractivity contribution in [3.63, 3.8) is 0 Å². The van der Waals surface area contributed by atoms with Gasteiger partial charge < -0.3 is 9.32 Å². The third-order valence-corrected chi connectivity index (χ3v) is 4.08. The van der Waals surface area contributed by atoms with E-state index in [9.17, 15) is 0 Å². The molecule has 2 nitrogen and oxygen atoms in total. The number of para-hydroxylation sites is 1. The predicted molar refractivity (Wildman–Crippen MR) is 74.9 cm³/mol. The molecular weight excluding hydrogens is 222 g/mol. The first kappa shape index (κ1) is 11.8. The van der Waals surface area contributed by atoms with Crippen LogP contribution < -0.4 is 0 Å². The van der Waals surface area contributed by atoms with Crippen molar-refractivity contribution in [3.05, 3.63) is 36.1 Å². The van der Waals surface area contributed by atoms with Crippen molar-refractivity contribution in [3.8, 4) is 0 Å². The molecule has 1 saturated heterocycles. The highest BCUT2D eigenvalue weighted by atomic mass is 16.3. The summed E-state index contributed by atoms with van der Waals surface area (Å²) in [6.07, 6.45) is 5.77. The van der Waals surface area contributed by atoms with Gasteiger partial charge >= 0.3 is 0 Å². The van der Waals surface area contributed by atoms with E-state index in [1.807, 2.05) is 12.3 Å². The molecule has 0 saturated carbocycles. The van der Waals surface area contributed by atoms with Gasteiger partial charge in [-0.25, -0.2) is 0 Å². The Labute approximate surface area is 109 Å². The Balaban J connectivity index is 1.76. The van der Waals surface area contributed by atoms with Crippen molar-refractivity contribution in [2.75, 3.05) is 19.6 Å². The number of hydrogen-bond acceptors (Lipinski definition) is 2. The second kappa shape index (κ2) is 5.15. The highest BCUT2D eigenvalue weighted by molar-refractivity contribution is 5.81. The Kier molecular flexibility index (Phi) is 3.37. The van der Waals surface area contributed by atoms with Gasteiger partial charge in [0, 0.05) is 10.9 Å². The summed E-state index contributed by atoms with van der Waals surface area (Å²) in [6.45, 7) is 5.98. The number of fused-ring (bicyclic) bond motifs is 1. The van der Waals surface area contributed by atoms with Crippen LogP contribution in [0.4, 0.5) is 0 Å². The molecule has 1 aromatic carbocycles. The van der Waals surface area contributed by atoms with Crippen molar-refractivity contribution in [1.82, 2.24) is 4.90 Å². The average molecular weight is 243 g/mol. The summed E-state index contributed by atoms with van der Waals surface area (Å²) in [5, 5.41) is 1.31. The second-order valence-corrected chi connectivity index (χ2v) is 5.30. The van der Waals surface area contributed by atoms with Crippen LogP contribution in [0, 0.1) is 0 Å². The first-order valence-corrected chi connectivity index (χ1v) is 7.07. The van der Waals surface area contributed by atoms with E-state index in [0.717, 1.165) is 5.58 Å². The molecule has 1 fully saturated rings. The van der Waals surface area contributed by atoms with E-state index in [2.05, 4.69) is 30.0 Å². The quantitative estimate of drug-likeness (QED) is 0.809. The molecule has 1 aliphatic rings. The van der Waals surface area contributed by atoms with Crippen molar-refractivity contribution >= 4 is 11.0 Å². The van der Waals surface area contributed by atoms with Crippen LogP contribution in [0.25, 0.3) is 11.0 Å². The summed E-state index contributed by atoms with van der Waals surface area (Å²) < 4.78 is 5.66. The SMILES string of the molecule is CCCN1CCC(c2coc3ccccc23)CC1. The van der Waals surface area contributed by atoms with Gasteiger partial charge in [0.2, 0.25) is 0 Å². The molecule has 0 unspecified atom stereocenters. The summed E-state index contributed by atoms with van der Waals surface area (Å²) >= 11 is 0. The van der Waals surface area contributed by atoms with Gasteiger partial charge in [0.25, 0.3) is 0 Å². The van der Waals surface area contributed by atoms with Crippen LogP contribution in [-0.4, -0.2) is 24.5 Å². The number of furan rings is 1. The smallest absolute Gasteiger partial charge is 0.134 e. The van der Waals surface area contributed by atoms with Gasteiger partial charge in [-0.2, -0.15) is 0 Å². The molecule has 0 spiro atoms. The maximum absolute atomic E-state index is 5.66. The van der Waals surface area contributed by atoms with E-state index in [1.165, 1.54) is 49.8 Å². The highest BCUT2D eigenvalue weighted by Crippen LogP contribution is 2.34. The third kappa shape index (κ3) is 2.17. The van der Waals surface area contributed by atoms with Crippen LogP contribution in [0.2, 0.25) is 0 Å². The minimum absolute atomic E-state index is 0.682. The normalized spacial score (nSPS) is 18.5. The van der Waals surface area contributed by atoms with Gasteiger partial charge in [0.05, 0.1) is 6.26 Å². The Bertz CT molecular complexity index is 509. The van der Waals surface area contributed by atoms with Crippen LogP contribution in [-0.2, 0) is 0 Å². The van der Waals surface area contributed by atoms with Gasteiger partial charge in [-0.15, -0.1) is 0 Å². The number of piperidine rings is 1. The minimum atomic E-state index is 0.682. The van der Waals surface area contributed by atoms with E-state index in [0.29, 0.717) is 5.92 Å². The lowest BCUT2D eigenvalue weighted by atomic mass is 9.89. The molecule has 0 amide bonds. The molecule has 2 aromatic rings. The predicted octanol–water partition coefficient (Wildman–Crippen LogP) is 4.02. The monoisotopic (exact) mass is 243 g/mol. The molecule has 1 aliphatic heterocycles. The lowest BCUT2D eigenvalue weighted by Gasteiger charge is -2.31. The molecule has 96 valence electrons. The zero-order valence-electron chi connectivity index (χ0n) is 11.1. The van der Waals surface area contributed by atoms with E-state index >= 15 is 0 Å². The zero-order chi connectivity index (χ0) is 12.4. The minimum Gasteiger partial charge on any atom is -0.464 e. The van der Waals surface area contributed by atoms with Crippen LogP contribution in [0.5, 0.6) is 0 Å². The molecule has 0 radical (unpaired) electrons. The lowest BCUT2D eigenvalue weighted by Crippen LogP contribution is -2.33. The summed E-state index contributed by atoms with van der Waals surface area (Å²) in [5.74, 6) is 0.682. The van der Waals surface area contributed by atoms with Crippen molar-refractivity contribution in [1.29, 1.82) is 0 Å². The maximum Gasteiger partial charge on any atom is 0.134 e. The van der Waals surface area contributed by atoms with Crippen LogP contribution in [0.1, 0.15) is 37.7 Å². The van der Waals surface area contributed by atoms with Gasteiger partial charge in [-0.3, -0.25) is 0 Å². The number of nitrogens with zero attached hydrogens (tertiary/aromatic N) is 1. The van der Waals surface area contributed by atoms with E-state index in [1.54, 1.807) is 0 Å². The van der Waals surface area contributed by atoms with Gasteiger partial charge in [0.1, 0.15) is 5.58 Å². The Morgan fingerprint density at radius 1 is 1.22 bits per heavy atom. The van der Waals surface area contributed by atoms with Gasteiger partial charge in [-0.1, -0.05) is 25.1 Å². The standard InChI is InChI=1S/C16H21NO/c1-2-9-17-10-7-13(8-11-17)15-12-18-16-6-4-3-5-14(15)16/h3-6,12-13H,2,7-11H2,1H3. The lowest BCUT2D eigenvalue weighted by molar-refractivity contribution is 0.213. The van der Waals surface area contributed by atoms with Gasteiger partial charge in [0.15, 0.2) is 0 Å². The first-order valence-electron chi connectivity index (χ1n) is 7.07. The summed E-state index contributed by atoms with van der Waals surface area (Å²) in [5.41, 5.74) is 2.45. The van der Waals surface area contributed by atoms with Crippen LogP contribution in [0.15, 0.2) is 34.9 Å². The average Bonchev–Trinajstić information content (AvgIpc) is 2.84. The van der Waals surface area contributed by atoms with Crippen LogP contribution >= 0.6 is 0 Å². The Hall–Kier alpha value is -1.28. The molecule has 0 bridgehead atoms. The zero-order valence-corrected chi connectivity index (χ0v) is 11.1. The maximum atomic E-state index is 5.66. The van der Waals surface area contributed by atoms with E-state index < -0.39 is 0 Å². The summed E-state index contributed by atoms with van der Waals surface area (Å²) in [6, 6.07) is 8.39. The summed E-state index contributed by atoms with van der Waals surface area (Å²) in [4.78, 5) is 2.58. The fourth-order valence-electron chi connectivity index (χ4n) is 3.10. The largest absolute Gasteiger partial charge is 0.464 e. The molecule has 2 heteroatoms. The fraction of sp³-hybridized carbons (Fsp3) is 0.500. The number of likely N-dealkylation sites (tertiary alicyclic amines) is 1.